The van der Waals surface area contributed by atoms with Crippen molar-refractivity contribution in [3.8, 4) is 11.1 Å². The van der Waals surface area contributed by atoms with Crippen LogP contribution in [0.3, 0.4) is 0 Å². The molecular formula is C48H64Cl2Si3Zr. The molecule has 0 heterocycles. The van der Waals surface area contributed by atoms with Gasteiger partial charge in [-0.2, -0.15) is 0 Å². The van der Waals surface area contributed by atoms with Gasteiger partial charge >= 0.3 is 330 Å². The van der Waals surface area contributed by atoms with Crippen LogP contribution < -0.4 is 24.8 Å². The van der Waals surface area contributed by atoms with Crippen molar-refractivity contribution in [2.45, 2.75) is 121 Å². The Labute approximate surface area is 352 Å². The van der Waals surface area contributed by atoms with E-state index in [1.165, 1.54) is 39.8 Å². The van der Waals surface area contributed by atoms with Crippen LogP contribution in [0.4, 0.5) is 0 Å². The van der Waals surface area contributed by atoms with Crippen LogP contribution in [0.5, 0.6) is 0 Å². The molecule has 0 N–H and O–H groups in total. The van der Waals surface area contributed by atoms with Gasteiger partial charge in [-0.15, -0.1) is 0 Å². The van der Waals surface area contributed by atoms with E-state index in [0.717, 1.165) is 0 Å². The maximum absolute atomic E-state index is 3.02. The van der Waals surface area contributed by atoms with Crippen molar-refractivity contribution >= 4 is 27.4 Å². The molecule has 0 spiro atoms. The molecule has 0 unspecified atom stereocenters. The number of allylic oxidation sites excluding steroid dienone is 4. The van der Waals surface area contributed by atoms with Gasteiger partial charge < -0.3 is 24.8 Å². The summed E-state index contributed by atoms with van der Waals surface area (Å²) >= 11 is -3.02. The number of hydrogen-bond donors (Lipinski definition) is 0. The molecule has 286 valence electrons. The number of halogens is 2. The Hall–Kier alpha value is -1.66. The van der Waals surface area contributed by atoms with E-state index in [-0.39, 0.29) is 35.6 Å². The van der Waals surface area contributed by atoms with E-state index >= 15 is 0 Å². The minimum atomic E-state index is -3.02. The van der Waals surface area contributed by atoms with E-state index < -0.39 is 45.5 Å². The fourth-order valence-corrected chi connectivity index (χ4v) is 32.4. The van der Waals surface area contributed by atoms with Gasteiger partial charge in [-0.3, -0.25) is 0 Å². The summed E-state index contributed by atoms with van der Waals surface area (Å²) in [5.74, 6) is 0. The average Bonchev–Trinajstić information content (AvgIpc) is 3.61. The Morgan fingerprint density at radius 1 is 0.519 bits per heavy atom. The first-order valence-corrected chi connectivity index (χ1v) is 34.0. The van der Waals surface area contributed by atoms with Crippen LogP contribution in [0.1, 0.15) is 85.0 Å². The second kappa shape index (κ2) is 15.9. The largest absolute Gasteiger partial charge is 1.00 e. The van der Waals surface area contributed by atoms with Gasteiger partial charge in [0.25, 0.3) is 0 Å². The summed E-state index contributed by atoms with van der Waals surface area (Å²) in [4.78, 5) is 0. The van der Waals surface area contributed by atoms with Crippen LogP contribution in [0, 0.1) is 0 Å². The van der Waals surface area contributed by atoms with Crippen molar-refractivity contribution in [3.63, 3.8) is 0 Å². The molecule has 0 saturated carbocycles. The number of hydrogen-bond acceptors (Lipinski definition) is 0. The van der Waals surface area contributed by atoms with E-state index in [9.17, 15) is 0 Å². The van der Waals surface area contributed by atoms with Crippen molar-refractivity contribution in [1.82, 2.24) is 0 Å². The Bertz CT molecular complexity index is 2000. The Kier molecular flexibility index (Phi) is 13.3. The topological polar surface area (TPSA) is 0 Å². The van der Waals surface area contributed by atoms with Gasteiger partial charge in [0.05, 0.1) is 0 Å². The van der Waals surface area contributed by atoms with Crippen LogP contribution in [0.25, 0.3) is 11.1 Å². The van der Waals surface area contributed by atoms with Crippen molar-refractivity contribution in [3.05, 3.63) is 149 Å². The zero-order valence-electron chi connectivity index (χ0n) is 35.8. The smallest absolute Gasteiger partial charge is 1.00 e. The minimum absolute atomic E-state index is 0. The standard InChI is InChI=1S/C21H25.C14H29Si3.C13H10.2ClH.Zr/c1-20(2,3)16-7-9-18-14(12-16)11-15-13-17(21(4,5)6)8-10-19(15)18;1-15(2,3)12-10-11-13(16(4,5)6)14(12)17(7,8)9;1-3-7-12(8-4-1)11-13-9-5-2-6-10-13;;;/h7-13H,1-6H3;10H2,1-9H3;1-10H;2*1H;/q;;;;;+2/p-2. The zero-order chi connectivity index (χ0) is 38.2. The van der Waals surface area contributed by atoms with E-state index in [1.807, 2.05) is 18.9 Å². The summed E-state index contributed by atoms with van der Waals surface area (Å²) in [5, 5.41) is 5.68. The molecule has 0 aromatic heterocycles. The van der Waals surface area contributed by atoms with Crippen molar-refractivity contribution in [2.24, 2.45) is 0 Å². The predicted octanol–water partition coefficient (Wildman–Crippen LogP) is 7.83. The minimum Gasteiger partial charge on any atom is -1.00 e. The summed E-state index contributed by atoms with van der Waals surface area (Å²) < 4.78 is 4.02. The Morgan fingerprint density at radius 3 is 1.24 bits per heavy atom. The molecular weight excluding hydrogens is 823 g/mol. The van der Waals surface area contributed by atoms with Gasteiger partial charge in [-0.25, -0.2) is 0 Å². The second-order valence-corrected chi connectivity index (χ2v) is 42.0. The molecule has 0 fully saturated rings. The third kappa shape index (κ3) is 8.75. The third-order valence-electron chi connectivity index (χ3n) is 11.4. The number of fused-ring (bicyclic) bond motifs is 3. The van der Waals surface area contributed by atoms with Crippen LogP contribution in [0.15, 0.2) is 116 Å². The number of benzene rings is 4. The van der Waals surface area contributed by atoms with Gasteiger partial charge in [0, 0.05) is 0 Å². The fourth-order valence-electron chi connectivity index (χ4n) is 8.84. The quantitative estimate of drug-likeness (QED) is 0.166. The Morgan fingerprint density at radius 2 is 0.907 bits per heavy atom. The van der Waals surface area contributed by atoms with Crippen LogP contribution >= 0.6 is 0 Å². The predicted molar refractivity (Wildman–Crippen MR) is 236 cm³/mol. The van der Waals surface area contributed by atoms with E-state index in [1.54, 1.807) is 14.3 Å². The van der Waals surface area contributed by atoms with Crippen molar-refractivity contribution in [1.29, 1.82) is 0 Å². The van der Waals surface area contributed by atoms with Crippen LogP contribution in [0.2, 0.25) is 58.9 Å². The fraction of sp³-hybridized carbons (Fsp3) is 0.396. The molecule has 54 heavy (non-hydrogen) atoms. The molecule has 0 amide bonds. The van der Waals surface area contributed by atoms with E-state index in [0.29, 0.717) is 3.63 Å². The van der Waals surface area contributed by atoms with Gasteiger partial charge in [-0.1, -0.05) is 0 Å². The summed E-state index contributed by atoms with van der Waals surface area (Å²) in [6.07, 6.45) is 1.21. The molecule has 0 nitrogen and oxygen atoms in total. The molecule has 4 aromatic carbocycles. The number of rotatable bonds is 7. The van der Waals surface area contributed by atoms with Gasteiger partial charge in [0.1, 0.15) is 0 Å². The van der Waals surface area contributed by atoms with E-state index in [2.05, 4.69) is 198 Å². The summed E-state index contributed by atoms with van der Waals surface area (Å²) in [6.45, 7) is 38.2. The van der Waals surface area contributed by atoms with Crippen LogP contribution in [-0.4, -0.2) is 27.4 Å². The molecule has 4 aromatic rings. The molecule has 0 atom stereocenters. The SMILES string of the molecule is CC(C)(C)c1ccc2c(c1)[CH]([Zr+2]([C]1=C([Si](C)(C)C)C([Si](C)(C)C)=C([Si](C)(C)C)C1)=[C](c1ccccc1)c1ccccc1)c1cc(C(C)(C)C)ccc1-2.[Cl-].[Cl-]. The second-order valence-electron chi connectivity index (χ2n) is 20.7. The molecule has 0 radical (unpaired) electrons. The van der Waals surface area contributed by atoms with Gasteiger partial charge in [-0.05, 0) is 0 Å². The molecule has 2 aliphatic carbocycles. The van der Waals surface area contributed by atoms with E-state index in [4.69, 9.17) is 0 Å². The first-order chi connectivity index (χ1) is 24.0. The van der Waals surface area contributed by atoms with Crippen molar-refractivity contribution < 1.29 is 46.1 Å². The molecule has 0 saturated heterocycles. The zero-order valence-corrected chi connectivity index (χ0v) is 42.7. The third-order valence-corrected chi connectivity index (χ3v) is 27.2. The first kappa shape index (κ1) is 45.1. The summed E-state index contributed by atoms with van der Waals surface area (Å²) in [7, 11) is -5.11. The molecule has 2 aliphatic rings. The van der Waals surface area contributed by atoms with Gasteiger partial charge in [0.15, 0.2) is 0 Å². The summed E-state index contributed by atoms with van der Waals surface area (Å²) in [6, 6.07) is 38.5. The average molecular weight is 887 g/mol. The first-order valence-electron chi connectivity index (χ1n) is 19.6. The normalized spacial score (nSPS) is 14.9. The Balaban J connectivity index is 0.00000325. The van der Waals surface area contributed by atoms with Gasteiger partial charge in [0.2, 0.25) is 0 Å². The molecule has 0 aliphatic heterocycles. The summed E-state index contributed by atoms with van der Waals surface area (Å²) in [5.41, 5.74) is 12.1. The molecule has 6 heteroatoms. The van der Waals surface area contributed by atoms with Crippen molar-refractivity contribution in [2.75, 3.05) is 0 Å². The maximum Gasteiger partial charge on any atom is -1.00 e. The van der Waals surface area contributed by atoms with Crippen LogP contribution in [-0.2, 0) is 32.1 Å². The maximum atomic E-state index is 2.67. The monoisotopic (exact) mass is 884 g/mol. The molecule has 0 bridgehead atoms. The molecule has 6 rings (SSSR count).